The SMILES string of the molecule is CCOC(=O)c1ccc(NCc2c(F)cc(Br)cc2F)c2ccc(OC)cc12. The number of hydrogen-bond acceptors (Lipinski definition) is 4. The highest BCUT2D eigenvalue weighted by Crippen LogP contribution is 2.31. The van der Waals surface area contributed by atoms with Gasteiger partial charge in [-0.1, -0.05) is 15.9 Å². The van der Waals surface area contributed by atoms with Gasteiger partial charge < -0.3 is 14.8 Å². The lowest BCUT2D eigenvalue weighted by atomic mass is 10.0. The third-order valence-electron chi connectivity index (χ3n) is 4.28. The lowest BCUT2D eigenvalue weighted by molar-refractivity contribution is 0.0528. The molecule has 0 atom stereocenters. The van der Waals surface area contributed by atoms with Gasteiger partial charge in [-0.15, -0.1) is 0 Å². The molecule has 0 aliphatic heterocycles. The fraction of sp³-hybridized carbons (Fsp3) is 0.190. The second kappa shape index (κ2) is 8.56. The van der Waals surface area contributed by atoms with Gasteiger partial charge in [-0.05, 0) is 49.4 Å². The van der Waals surface area contributed by atoms with Crippen molar-refractivity contribution in [2.75, 3.05) is 19.0 Å². The quantitative estimate of drug-likeness (QED) is 0.491. The number of rotatable bonds is 6. The lowest BCUT2D eigenvalue weighted by Crippen LogP contribution is -2.08. The first-order valence-corrected chi connectivity index (χ1v) is 9.39. The molecule has 0 heterocycles. The van der Waals surface area contributed by atoms with E-state index in [0.717, 1.165) is 0 Å². The van der Waals surface area contributed by atoms with Crippen molar-refractivity contribution in [1.29, 1.82) is 0 Å². The Morgan fingerprint density at radius 2 is 1.79 bits per heavy atom. The number of halogens is 3. The maximum absolute atomic E-state index is 14.1. The summed E-state index contributed by atoms with van der Waals surface area (Å²) in [5.41, 5.74) is 0.953. The molecule has 0 saturated carbocycles. The van der Waals surface area contributed by atoms with E-state index in [2.05, 4.69) is 21.2 Å². The summed E-state index contributed by atoms with van der Waals surface area (Å²) < 4.78 is 38.9. The summed E-state index contributed by atoms with van der Waals surface area (Å²) >= 11 is 3.07. The molecule has 1 N–H and O–H groups in total. The summed E-state index contributed by atoms with van der Waals surface area (Å²) in [5, 5.41) is 4.39. The van der Waals surface area contributed by atoms with Crippen LogP contribution in [0, 0.1) is 11.6 Å². The number of methoxy groups -OCH3 is 1. The molecule has 3 rings (SSSR count). The second-order valence-electron chi connectivity index (χ2n) is 5.99. The molecule has 0 unspecified atom stereocenters. The summed E-state index contributed by atoms with van der Waals surface area (Å²) in [7, 11) is 1.53. The van der Waals surface area contributed by atoms with Crippen LogP contribution < -0.4 is 10.1 Å². The molecule has 3 aromatic carbocycles. The van der Waals surface area contributed by atoms with Gasteiger partial charge in [0.25, 0.3) is 0 Å². The Kier molecular flexibility index (Phi) is 6.14. The van der Waals surface area contributed by atoms with Crippen LogP contribution in [0.25, 0.3) is 10.8 Å². The van der Waals surface area contributed by atoms with Gasteiger partial charge in [0.2, 0.25) is 0 Å². The minimum absolute atomic E-state index is 0.0508. The largest absolute Gasteiger partial charge is 0.497 e. The van der Waals surface area contributed by atoms with Crippen LogP contribution in [0.15, 0.2) is 46.9 Å². The van der Waals surface area contributed by atoms with Crippen LogP contribution in [0.4, 0.5) is 14.5 Å². The van der Waals surface area contributed by atoms with E-state index in [0.29, 0.717) is 32.2 Å². The monoisotopic (exact) mass is 449 g/mol. The number of fused-ring (bicyclic) bond motifs is 1. The van der Waals surface area contributed by atoms with Gasteiger partial charge in [0.05, 0.1) is 19.3 Å². The number of nitrogens with one attached hydrogen (secondary N) is 1. The maximum Gasteiger partial charge on any atom is 0.338 e. The van der Waals surface area contributed by atoms with Crippen LogP contribution in [-0.2, 0) is 11.3 Å². The van der Waals surface area contributed by atoms with Crippen LogP contribution in [0.5, 0.6) is 5.75 Å². The van der Waals surface area contributed by atoms with E-state index >= 15 is 0 Å². The molecule has 0 spiro atoms. The first-order valence-electron chi connectivity index (χ1n) is 8.59. The smallest absolute Gasteiger partial charge is 0.338 e. The average molecular weight is 450 g/mol. The first kappa shape index (κ1) is 20.1. The van der Waals surface area contributed by atoms with Gasteiger partial charge in [-0.2, -0.15) is 0 Å². The van der Waals surface area contributed by atoms with E-state index < -0.39 is 17.6 Å². The Morgan fingerprint density at radius 1 is 1.07 bits per heavy atom. The van der Waals surface area contributed by atoms with E-state index in [4.69, 9.17) is 9.47 Å². The van der Waals surface area contributed by atoms with Gasteiger partial charge in [0, 0.05) is 33.0 Å². The van der Waals surface area contributed by atoms with Gasteiger partial charge in [0.15, 0.2) is 0 Å². The van der Waals surface area contributed by atoms with E-state index in [1.165, 1.54) is 19.2 Å². The van der Waals surface area contributed by atoms with Crippen LogP contribution in [-0.4, -0.2) is 19.7 Å². The van der Waals surface area contributed by atoms with Crippen LogP contribution in [0.1, 0.15) is 22.8 Å². The third-order valence-corrected chi connectivity index (χ3v) is 4.74. The zero-order valence-electron chi connectivity index (χ0n) is 15.3. The van der Waals surface area contributed by atoms with Crippen LogP contribution >= 0.6 is 15.9 Å². The average Bonchev–Trinajstić information content (AvgIpc) is 2.66. The molecule has 28 heavy (non-hydrogen) atoms. The molecule has 0 aliphatic rings. The zero-order valence-corrected chi connectivity index (χ0v) is 16.9. The highest BCUT2D eigenvalue weighted by atomic mass is 79.9. The molecule has 146 valence electrons. The number of benzene rings is 3. The molecule has 0 bridgehead atoms. The molecular formula is C21H18BrF2NO3. The van der Waals surface area contributed by atoms with Crippen molar-refractivity contribution in [3.63, 3.8) is 0 Å². The summed E-state index contributed by atoms with van der Waals surface area (Å²) in [6, 6.07) is 11.0. The van der Waals surface area contributed by atoms with Crippen molar-refractivity contribution in [2.45, 2.75) is 13.5 Å². The fourth-order valence-electron chi connectivity index (χ4n) is 2.92. The van der Waals surface area contributed by atoms with Gasteiger partial charge in [-0.3, -0.25) is 0 Å². The Balaban J connectivity index is 2.00. The Labute approximate surface area is 169 Å². The number of carbonyl (C=O) groups is 1. The topological polar surface area (TPSA) is 47.6 Å². The zero-order chi connectivity index (χ0) is 20.3. The molecular weight excluding hydrogens is 432 g/mol. The molecule has 0 radical (unpaired) electrons. The molecule has 4 nitrogen and oxygen atoms in total. The van der Waals surface area contributed by atoms with E-state index in [1.807, 2.05) is 0 Å². The van der Waals surface area contributed by atoms with Crippen molar-refractivity contribution in [3.05, 3.63) is 69.7 Å². The highest BCUT2D eigenvalue weighted by molar-refractivity contribution is 9.10. The number of anilines is 1. The first-order chi connectivity index (χ1) is 13.4. The predicted octanol–water partition coefficient (Wildman–Crippen LogP) is 5.68. The van der Waals surface area contributed by atoms with Gasteiger partial charge in [0.1, 0.15) is 17.4 Å². The summed E-state index contributed by atoms with van der Waals surface area (Å²) in [5.74, 6) is -1.15. The Morgan fingerprint density at radius 3 is 2.43 bits per heavy atom. The van der Waals surface area contributed by atoms with Crippen molar-refractivity contribution in [1.82, 2.24) is 0 Å². The summed E-state index contributed by atoms with van der Waals surface area (Å²) in [6.45, 7) is 1.94. The molecule has 0 amide bonds. The van der Waals surface area contributed by atoms with E-state index in [1.54, 1.807) is 37.3 Å². The number of hydrogen-bond donors (Lipinski definition) is 1. The van der Waals surface area contributed by atoms with Crippen molar-refractivity contribution in [2.24, 2.45) is 0 Å². The molecule has 0 aliphatic carbocycles. The standard InChI is InChI=1S/C21H18BrF2NO3/c1-3-28-21(26)15-6-7-20(14-5-4-13(27-2)10-16(14)15)25-11-17-18(23)8-12(22)9-19(17)24/h4-10,25H,3,11H2,1-2H3. The maximum atomic E-state index is 14.1. The van der Waals surface area contributed by atoms with Crippen molar-refractivity contribution >= 4 is 38.4 Å². The van der Waals surface area contributed by atoms with Gasteiger partial charge in [-0.25, -0.2) is 13.6 Å². The van der Waals surface area contributed by atoms with Crippen molar-refractivity contribution in [3.8, 4) is 5.75 Å². The lowest BCUT2D eigenvalue weighted by Gasteiger charge is -2.14. The van der Waals surface area contributed by atoms with Crippen LogP contribution in [0.3, 0.4) is 0 Å². The minimum atomic E-state index is -0.645. The summed E-state index contributed by atoms with van der Waals surface area (Å²) in [6.07, 6.45) is 0. The Hall–Kier alpha value is -2.67. The third kappa shape index (κ3) is 4.09. The predicted molar refractivity (Wildman–Crippen MR) is 108 cm³/mol. The highest BCUT2D eigenvalue weighted by Gasteiger charge is 2.16. The second-order valence-corrected chi connectivity index (χ2v) is 6.91. The molecule has 7 heteroatoms. The molecule has 0 saturated heterocycles. The fourth-order valence-corrected chi connectivity index (χ4v) is 3.32. The van der Waals surface area contributed by atoms with Crippen molar-refractivity contribution < 1.29 is 23.0 Å². The van der Waals surface area contributed by atoms with E-state index in [9.17, 15) is 13.6 Å². The molecule has 0 aromatic heterocycles. The number of carbonyl (C=O) groups excluding carboxylic acids is 1. The van der Waals surface area contributed by atoms with E-state index in [-0.39, 0.29) is 18.7 Å². The molecule has 3 aromatic rings. The number of esters is 1. The summed E-state index contributed by atoms with van der Waals surface area (Å²) in [4.78, 5) is 12.3. The Bertz CT molecular complexity index is 1020. The molecule has 0 fully saturated rings. The minimum Gasteiger partial charge on any atom is -0.497 e. The number of ether oxygens (including phenoxy) is 2. The normalized spacial score (nSPS) is 10.8. The van der Waals surface area contributed by atoms with Crippen LogP contribution in [0.2, 0.25) is 0 Å². The van der Waals surface area contributed by atoms with Gasteiger partial charge >= 0.3 is 5.97 Å².